The predicted octanol–water partition coefficient (Wildman–Crippen LogP) is 4.32. The highest BCUT2D eigenvalue weighted by atomic mass is 16.5. The Balaban J connectivity index is 1.58. The van der Waals surface area contributed by atoms with E-state index in [4.69, 9.17) is 4.74 Å². The summed E-state index contributed by atoms with van der Waals surface area (Å²) in [6.07, 6.45) is 4.98. The minimum atomic E-state index is 0.235. The Hall–Kier alpha value is -1.32. The number of hydrogen-bond donors (Lipinski definition) is 1. The molecule has 3 rings (SSSR count). The molecule has 1 aliphatic carbocycles. The van der Waals surface area contributed by atoms with E-state index in [2.05, 4.69) is 38.7 Å². The highest BCUT2D eigenvalue weighted by Gasteiger charge is 2.51. The zero-order valence-electron chi connectivity index (χ0n) is 15.5. The van der Waals surface area contributed by atoms with Crippen LogP contribution in [0, 0.1) is 11.3 Å². The van der Waals surface area contributed by atoms with Gasteiger partial charge < -0.3 is 9.84 Å². The lowest BCUT2D eigenvalue weighted by atomic mass is 9.63. The third-order valence-electron chi connectivity index (χ3n) is 5.68. The first-order valence-corrected chi connectivity index (χ1v) is 9.22. The highest BCUT2D eigenvalue weighted by Crippen LogP contribution is 2.46. The summed E-state index contributed by atoms with van der Waals surface area (Å²) in [5.74, 6) is 0.936. The van der Waals surface area contributed by atoms with Crippen LogP contribution in [0.3, 0.4) is 0 Å². The first-order chi connectivity index (χ1) is 11.4. The third kappa shape index (κ3) is 3.52. The molecule has 0 bridgehead atoms. The molecule has 1 saturated carbocycles. The molecular formula is C21H31NO2. The van der Waals surface area contributed by atoms with Gasteiger partial charge in [0.15, 0.2) is 0 Å². The Morgan fingerprint density at radius 2 is 1.96 bits per heavy atom. The van der Waals surface area contributed by atoms with Crippen molar-refractivity contribution in [2.45, 2.75) is 52.7 Å². The van der Waals surface area contributed by atoms with Crippen LogP contribution in [0.4, 0.5) is 0 Å². The molecule has 1 aromatic carbocycles. The summed E-state index contributed by atoms with van der Waals surface area (Å²) >= 11 is 0. The van der Waals surface area contributed by atoms with Gasteiger partial charge in [0.2, 0.25) is 0 Å². The van der Waals surface area contributed by atoms with Crippen LogP contribution < -0.4 is 0 Å². The number of nitrogens with zero attached hydrogens (tertiary/aromatic N) is 1. The normalized spacial score (nSPS) is 27.0. The molecule has 0 unspecified atom stereocenters. The molecule has 3 nitrogen and oxygen atoms in total. The van der Waals surface area contributed by atoms with Crippen LogP contribution in [0.2, 0.25) is 0 Å². The van der Waals surface area contributed by atoms with Gasteiger partial charge in [-0.2, -0.15) is 0 Å². The van der Waals surface area contributed by atoms with Crippen molar-refractivity contribution in [1.29, 1.82) is 0 Å². The number of rotatable bonds is 5. The molecule has 0 saturated heterocycles. The lowest BCUT2D eigenvalue weighted by Gasteiger charge is -2.56. The van der Waals surface area contributed by atoms with E-state index in [9.17, 15) is 5.11 Å². The van der Waals surface area contributed by atoms with Gasteiger partial charge in [0.1, 0.15) is 5.75 Å². The molecule has 0 amide bonds. The minimum absolute atomic E-state index is 0.235. The van der Waals surface area contributed by atoms with E-state index in [1.807, 2.05) is 12.1 Å². The SMILES string of the molecule is CC(C)CO[C@H]1C[C@H](N2CC=C(c3ccc(O)cc3)CC2)C1(C)C. The van der Waals surface area contributed by atoms with Crippen LogP contribution in [0.25, 0.3) is 5.57 Å². The van der Waals surface area contributed by atoms with E-state index in [1.165, 1.54) is 11.1 Å². The summed E-state index contributed by atoms with van der Waals surface area (Å²) in [5, 5.41) is 9.43. The van der Waals surface area contributed by atoms with E-state index in [0.717, 1.165) is 32.5 Å². The van der Waals surface area contributed by atoms with Gasteiger partial charge in [-0.25, -0.2) is 0 Å². The topological polar surface area (TPSA) is 32.7 Å². The Labute approximate surface area is 146 Å². The van der Waals surface area contributed by atoms with Gasteiger partial charge in [-0.15, -0.1) is 0 Å². The molecule has 3 heteroatoms. The van der Waals surface area contributed by atoms with Gasteiger partial charge in [0.25, 0.3) is 0 Å². The maximum atomic E-state index is 9.43. The van der Waals surface area contributed by atoms with Crippen LogP contribution in [-0.2, 0) is 4.74 Å². The van der Waals surface area contributed by atoms with Gasteiger partial charge in [0, 0.05) is 31.2 Å². The average molecular weight is 329 g/mol. The number of ether oxygens (including phenoxy) is 1. The van der Waals surface area contributed by atoms with E-state index in [0.29, 0.717) is 23.8 Å². The maximum Gasteiger partial charge on any atom is 0.115 e. The van der Waals surface area contributed by atoms with Crippen LogP contribution in [-0.4, -0.2) is 41.8 Å². The van der Waals surface area contributed by atoms with Crippen molar-refractivity contribution in [3.8, 4) is 5.75 Å². The second kappa shape index (κ2) is 6.89. The average Bonchev–Trinajstić information content (AvgIpc) is 2.55. The molecule has 2 atom stereocenters. The molecule has 1 aliphatic heterocycles. The lowest BCUT2D eigenvalue weighted by Crippen LogP contribution is -2.62. The lowest BCUT2D eigenvalue weighted by molar-refractivity contribution is -0.155. The Bertz CT molecular complexity index is 588. The second-order valence-electron chi connectivity index (χ2n) is 8.31. The summed E-state index contributed by atoms with van der Waals surface area (Å²) < 4.78 is 6.11. The first-order valence-electron chi connectivity index (χ1n) is 9.22. The molecule has 0 radical (unpaired) electrons. The van der Waals surface area contributed by atoms with Gasteiger partial charge >= 0.3 is 0 Å². The highest BCUT2D eigenvalue weighted by molar-refractivity contribution is 5.67. The van der Waals surface area contributed by atoms with Crippen molar-refractivity contribution in [3.63, 3.8) is 0 Å². The maximum absolute atomic E-state index is 9.43. The fourth-order valence-corrected chi connectivity index (χ4v) is 3.98. The Morgan fingerprint density at radius 3 is 2.50 bits per heavy atom. The van der Waals surface area contributed by atoms with Gasteiger partial charge in [-0.1, -0.05) is 45.9 Å². The van der Waals surface area contributed by atoms with Gasteiger partial charge in [-0.3, -0.25) is 4.90 Å². The summed E-state index contributed by atoms with van der Waals surface area (Å²) in [6.45, 7) is 12.1. The molecule has 132 valence electrons. The number of aromatic hydroxyl groups is 1. The second-order valence-corrected chi connectivity index (χ2v) is 8.31. The molecule has 1 N–H and O–H groups in total. The standard InChI is InChI=1S/C21H31NO2/c1-15(2)14-24-20-13-19(21(20,3)4)22-11-9-17(10-12-22)16-5-7-18(23)8-6-16/h5-9,15,19-20,23H,10-14H2,1-4H3/t19-,20-/m0/s1. The van der Waals surface area contributed by atoms with Gasteiger partial charge in [-0.05, 0) is 42.0 Å². The summed E-state index contributed by atoms with van der Waals surface area (Å²) in [7, 11) is 0. The van der Waals surface area contributed by atoms with E-state index in [-0.39, 0.29) is 5.41 Å². The van der Waals surface area contributed by atoms with E-state index in [1.54, 1.807) is 12.1 Å². The number of phenolic OH excluding ortho intramolecular Hbond substituents is 1. The van der Waals surface area contributed by atoms with Crippen LogP contribution in [0.1, 0.15) is 46.1 Å². The molecule has 0 aromatic heterocycles. The monoisotopic (exact) mass is 329 g/mol. The van der Waals surface area contributed by atoms with E-state index < -0.39 is 0 Å². The zero-order chi connectivity index (χ0) is 17.3. The largest absolute Gasteiger partial charge is 0.508 e. The Morgan fingerprint density at radius 1 is 1.25 bits per heavy atom. The fourth-order valence-electron chi connectivity index (χ4n) is 3.98. The third-order valence-corrected chi connectivity index (χ3v) is 5.68. The van der Waals surface area contributed by atoms with Crippen LogP contribution >= 0.6 is 0 Å². The molecule has 1 heterocycles. The first kappa shape index (κ1) is 17.5. The van der Waals surface area contributed by atoms with Crippen molar-refractivity contribution < 1.29 is 9.84 Å². The van der Waals surface area contributed by atoms with E-state index >= 15 is 0 Å². The smallest absolute Gasteiger partial charge is 0.115 e. The van der Waals surface area contributed by atoms with Gasteiger partial charge in [0.05, 0.1) is 6.10 Å². The number of phenols is 1. The van der Waals surface area contributed by atoms with Crippen molar-refractivity contribution in [3.05, 3.63) is 35.9 Å². The fraction of sp³-hybridized carbons (Fsp3) is 0.619. The number of hydrogen-bond acceptors (Lipinski definition) is 3. The zero-order valence-corrected chi connectivity index (χ0v) is 15.5. The van der Waals surface area contributed by atoms with Crippen LogP contribution in [0.15, 0.2) is 30.3 Å². The van der Waals surface area contributed by atoms with Crippen LogP contribution in [0.5, 0.6) is 5.75 Å². The van der Waals surface area contributed by atoms with Crippen molar-refractivity contribution in [1.82, 2.24) is 4.90 Å². The predicted molar refractivity (Wildman–Crippen MR) is 99.0 cm³/mol. The quantitative estimate of drug-likeness (QED) is 0.873. The molecule has 24 heavy (non-hydrogen) atoms. The molecule has 0 spiro atoms. The molecule has 1 fully saturated rings. The molecular weight excluding hydrogens is 298 g/mol. The summed E-state index contributed by atoms with van der Waals surface area (Å²) in [4.78, 5) is 2.61. The van der Waals surface area contributed by atoms with Crippen molar-refractivity contribution in [2.24, 2.45) is 11.3 Å². The van der Waals surface area contributed by atoms with Crippen molar-refractivity contribution >= 4 is 5.57 Å². The van der Waals surface area contributed by atoms with Crippen molar-refractivity contribution in [2.75, 3.05) is 19.7 Å². The summed E-state index contributed by atoms with van der Waals surface area (Å²) in [5.41, 5.74) is 2.87. The number of benzene rings is 1. The Kier molecular flexibility index (Phi) is 5.03. The molecule has 2 aliphatic rings. The minimum Gasteiger partial charge on any atom is -0.508 e. The molecule has 1 aromatic rings. The summed E-state index contributed by atoms with van der Waals surface area (Å²) in [6, 6.07) is 8.19.